The molecular weight excluding hydrogens is 437 g/mol. The van der Waals surface area contributed by atoms with E-state index in [1.165, 1.54) is 57.8 Å². The van der Waals surface area contributed by atoms with Gasteiger partial charge >= 0.3 is 0 Å². The molecule has 1 heterocycles. The third kappa shape index (κ3) is 9.16. The predicted molar refractivity (Wildman–Crippen MR) is 145 cm³/mol. The van der Waals surface area contributed by atoms with Gasteiger partial charge in [0.2, 0.25) is 11.8 Å². The van der Waals surface area contributed by atoms with Crippen LogP contribution in [0, 0.1) is 5.95 Å². The van der Waals surface area contributed by atoms with Crippen LogP contribution >= 0.6 is 0 Å². The van der Waals surface area contributed by atoms with Gasteiger partial charge in [-0.2, -0.15) is 9.37 Å². The Bertz CT molecular complexity index is 1020. The molecule has 0 atom stereocenters. The Balaban J connectivity index is 1.51. The number of ether oxygens (including phenoxy) is 2. The first kappa shape index (κ1) is 27.0. The number of unbranched alkanes of at least 4 members (excludes halogenated alkanes) is 10. The second kappa shape index (κ2) is 15.4. The van der Waals surface area contributed by atoms with Crippen LogP contribution in [-0.4, -0.2) is 18.2 Å². The van der Waals surface area contributed by atoms with E-state index in [1.807, 2.05) is 30.3 Å². The van der Waals surface area contributed by atoms with E-state index in [2.05, 4.69) is 24.9 Å². The van der Waals surface area contributed by atoms with Crippen molar-refractivity contribution in [2.45, 2.75) is 90.9 Å². The van der Waals surface area contributed by atoms with Crippen molar-refractivity contribution in [3.05, 3.63) is 54.5 Å². The Morgan fingerprint density at radius 1 is 0.629 bits per heavy atom. The minimum absolute atomic E-state index is 0.354. The minimum Gasteiger partial charge on any atom is -0.494 e. The van der Waals surface area contributed by atoms with E-state index in [1.54, 1.807) is 12.1 Å². The van der Waals surface area contributed by atoms with Crippen LogP contribution in [0.15, 0.2) is 48.5 Å². The van der Waals surface area contributed by atoms with Crippen molar-refractivity contribution in [1.82, 2.24) is 4.98 Å². The molecule has 0 bridgehead atoms. The highest BCUT2D eigenvalue weighted by atomic mass is 19.1. The molecule has 0 aliphatic rings. The molecule has 2 aromatic carbocycles. The number of pyridine rings is 1. The Kier molecular flexibility index (Phi) is 11.9. The lowest BCUT2D eigenvalue weighted by Gasteiger charge is -2.10. The van der Waals surface area contributed by atoms with Crippen molar-refractivity contribution in [1.29, 1.82) is 0 Å². The lowest BCUT2D eigenvalue weighted by Crippen LogP contribution is -2.01. The summed E-state index contributed by atoms with van der Waals surface area (Å²) in [6.07, 6.45) is 14.7. The molecule has 3 nitrogen and oxygen atoms in total. The van der Waals surface area contributed by atoms with Gasteiger partial charge in [-0.3, -0.25) is 0 Å². The maximum absolute atomic E-state index is 14.8. The normalized spacial score (nSPS) is 11.2. The van der Waals surface area contributed by atoms with Crippen molar-refractivity contribution in [3.8, 4) is 22.8 Å². The van der Waals surface area contributed by atoms with E-state index in [4.69, 9.17) is 9.47 Å². The van der Waals surface area contributed by atoms with E-state index in [0.29, 0.717) is 18.1 Å². The van der Waals surface area contributed by atoms with Gasteiger partial charge in [-0.05, 0) is 53.4 Å². The molecule has 4 heteroatoms. The van der Waals surface area contributed by atoms with Gasteiger partial charge in [0.1, 0.15) is 5.75 Å². The van der Waals surface area contributed by atoms with E-state index in [0.717, 1.165) is 48.0 Å². The van der Waals surface area contributed by atoms with Crippen LogP contribution in [0.5, 0.6) is 11.6 Å². The second-order valence-corrected chi connectivity index (χ2v) is 9.44. The van der Waals surface area contributed by atoms with Gasteiger partial charge in [0, 0.05) is 11.6 Å². The van der Waals surface area contributed by atoms with Crippen LogP contribution in [0.25, 0.3) is 21.9 Å². The Labute approximate surface area is 211 Å². The van der Waals surface area contributed by atoms with E-state index >= 15 is 0 Å². The molecule has 0 unspecified atom stereocenters. The van der Waals surface area contributed by atoms with Crippen molar-refractivity contribution >= 4 is 10.8 Å². The molecule has 0 saturated carbocycles. The Morgan fingerprint density at radius 2 is 1.23 bits per heavy atom. The first-order valence-corrected chi connectivity index (χ1v) is 13.7. The topological polar surface area (TPSA) is 31.4 Å². The average Bonchev–Trinajstić information content (AvgIpc) is 2.87. The predicted octanol–water partition coefficient (Wildman–Crippen LogP) is 9.52. The van der Waals surface area contributed by atoms with Gasteiger partial charge in [0.15, 0.2) is 0 Å². The van der Waals surface area contributed by atoms with Crippen LogP contribution in [0.3, 0.4) is 0 Å². The Hall–Kier alpha value is -2.62. The standard InChI is InChI=1S/C31H42FNO2/c1-3-5-7-9-11-13-21-34-28-18-17-25-23-27(16-15-26(25)24-28)29-19-20-30(33-31(29)32)35-22-14-12-10-8-6-4-2/h15-20,23-24H,3-14,21-22H2,1-2H3. The number of rotatable bonds is 17. The lowest BCUT2D eigenvalue weighted by molar-refractivity contribution is 0.289. The van der Waals surface area contributed by atoms with E-state index in [9.17, 15) is 4.39 Å². The summed E-state index contributed by atoms with van der Waals surface area (Å²) in [6.45, 7) is 5.79. The third-order valence-electron chi connectivity index (χ3n) is 6.46. The summed E-state index contributed by atoms with van der Waals surface area (Å²) in [7, 11) is 0. The molecular formula is C31H42FNO2. The second-order valence-electron chi connectivity index (χ2n) is 9.44. The molecule has 35 heavy (non-hydrogen) atoms. The first-order chi connectivity index (χ1) is 17.2. The summed E-state index contributed by atoms with van der Waals surface area (Å²) in [4.78, 5) is 4.05. The molecule has 0 spiro atoms. The summed E-state index contributed by atoms with van der Waals surface area (Å²) in [5, 5.41) is 2.14. The lowest BCUT2D eigenvalue weighted by atomic mass is 10.0. The van der Waals surface area contributed by atoms with Crippen molar-refractivity contribution in [3.63, 3.8) is 0 Å². The molecule has 0 N–H and O–H groups in total. The Morgan fingerprint density at radius 3 is 1.91 bits per heavy atom. The van der Waals surface area contributed by atoms with Crippen molar-refractivity contribution < 1.29 is 13.9 Å². The van der Waals surface area contributed by atoms with Gasteiger partial charge in [0.05, 0.1) is 13.2 Å². The summed E-state index contributed by atoms with van der Waals surface area (Å²) in [5.74, 6) is 0.745. The fraction of sp³-hybridized carbons (Fsp3) is 0.516. The van der Waals surface area contributed by atoms with E-state index in [-0.39, 0.29) is 0 Å². The first-order valence-electron chi connectivity index (χ1n) is 13.7. The molecule has 3 aromatic rings. The fourth-order valence-electron chi connectivity index (χ4n) is 4.33. The quantitative estimate of drug-likeness (QED) is 0.143. The summed E-state index contributed by atoms with van der Waals surface area (Å²) >= 11 is 0. The molecule has 3 rings (SSSR count). The maximum atomic E-state index is 14.8. The SMILES string of the molecule is CCCCCCCCOc1ccc2cc(-c3ccc(OCCCCCCCC)nc3F)ccc2c1. The zero-order chi connectivity index (χ0) is 24.7. The number of benzene rings is 2. The van der Waals surface area contributed by atoms with Crippen LogP contribution in [0.2, 0.25) is 0 Å². The average molecular weight is 480 g/mol. The molecule has 0 fully saturated rings. The minimum atomic E-state index is -0.497. The fourth-order valence-corrected chi connectivity index (χ4v) is 4.33. The maximum Gasteiger partial charge on any atom is 0.224 e. The highest BCUT2D eigenvalue weighted by Gasteiger charge is 2.10. The highest BCUT2D eigenvalue weighted by molar-refractivity contribution is 5.88. The summed E-state index contributed by atoms with van der Waals surface area (Å²) < 4.78 is 26.4. The largest absolute Gasteiger partial charge is 0.494 e. The number of hydrogen-bond acceptors (Lipinski definition) is 3. The van der Waals surface area contributed by atoms with Crippen LogP contribution in [-0.2, 0) is 0 Å². The number of hydrogen-bond donors (Lipinski definition) is 0. The van der Waals surface area contributed by atoms with E-state index < -0.39 is 5.95 Å². The van der Waals surface area contributed by atoms with Crippen LogP contribution < -0.4 is 9.47 Å². The van der Waals surface area contributed by atoms with Crippen LogP contribution in [0.1, 0.15) is 90.9 Å². The molecule has 1 aromatic heterocycles. The number of halogens is 1. The molecule has 190 valence electrons. The number of fused-ring (bicyclic) bond motifs is 1. The molecule has 0 radical (unpaired) electrons. The van der Waals surface area contributed by atoms with Crippen LogP contribution in [0.4, 0.5) is 4.39 Å². The van der Waals surface area contributed by atoms with Gasteiger partial charge in [-0.15, -0.1) is 0 Å². The van der Waals surface area contributed by atoms with Gasteiger partial charge < -0.3 is 9.47 Å². The molecule has 0 aliphatic heterocycles. The van der Waals surface area contributed by atoms with Crippen molar-refractivity contribution in [2.24, 2.45) is 0 Å². The zero-order valence-electron chi connectivity index (χ0n) is 21.7. The smallest absolute Gasteiger partial charge is 0.224 e. The zero-order valence-corrected chi connectivity index (χ0v) is 21.7. The van der Waals surface area contributed by atoms with Crippen molar-refractivity contribution in [2.75, 3.05) is 13.2 Å². The number of aromatic nitrogens is 1. The summed E-state index contributed by atoms with van der Waals surface area (Å²) in [5.41, 5.74) is 1.30. The third-order valence-corrected chi connectivity index (χ3v) is 6.46. The molecule has 0 amide bonds. The molecule has 0 saturated heterocycles. The highest BCUT2D eigenvalue weighted by Crippen LogP contribution is 2.29. The molecule has 0 aliphatic carbocycles. The summed E-state index contributed by atoms with van der Waals surface area (Å²) in [6, 6.07) is 15.6. The van der Waals surface area contributed by atoms with Gasteiger partial charge in [0.25, 0.3) is 0 Å². The number of nitrogens with zero attached hydrogens (tertiary/aromatic N) is 1. The van der Waals surface area contributed by atoms with Gasteiger partial charge in [-0.1, -0.05) is 96.3 Å². The van der Waals surface area contributed by atoms with Gasteiger partial charge in [-0.25, -0.2) is 0 Å². The monoisotopic (exact) mass is 479 g/mol.